The quantitative estimate of drug-likeness (QED) is 0.709. The van der Waals surface area contributed by atoms with Gasteiger partial charge in [-0.15, -0.1) is 0 Å². The molecule has 1 aromatic heterocycles. The number of ether oxygens (including phenoxy) is 1. The van der Waals surface area contributed by atoms with Gasteiger partial charge in [-0.2, -0.15) is 5.21 Å². The first-order chi connectivity index (χ1) is 5.70. The van der Waals surface area contributed by atoms with Crippen LogP contribution in [0.4, 0.5) is 0 Å². The van der Waals surface area contributed by atoms with Gasteiger partial charge in [0.05, 0.1) is 19.3 Å². The number of H-pyrrole nitrogens is 1. The maximum Gasteiger partial charge on any atom is 0.238 e. The van der Waals surface area contributed by atoms with Crippen molar-refractivity contribution in [2.45, 2.75) is 26.5 Å². The van der Waals surface area contributed by atoms with E-state index in [1.54, 1.807) is 4.68 Å². The van der Waals surface area contributed by atoms with Crippen molar-refractivity contribution in [3.63, 3.8) is 0 Å². The molecule has 5 nitrogen and oxygen atoms in total. The lowest BCUT2D eigenvalue weighted by atomic mass is 10.5. The molecule has 12 heavy (non-hydrogen) atoms. The molecular weight excluding hydrogens is 176 g/mol. The fourth-order valence-corrected chi connectivity index (χ4v) is 0.914. The fourth-order valence-electron chi connectivity index (χ4n) is 0.741. The first kappa shape index (κ1) is 9.34. The molecule has 1 rings (SSSR count). The molecule has 0 saturated carbocycles. The van der Waals surface area contributed by atoms with Crippen molar-refractivity contribution in [1.82, 2.24) is 20.2 Å². The highest BCUT2D eigenvalue weighted by Crippen LogP contribution is 1.89. The minimum absolute atomic E-state index is 0.245. The van der Waals surface area contributed by atoms with Gasteiger partial charge in [0, 0.05) is 0 Å². The summed E-state index contributed by atoms with van der Waals surface area (Å²) in [5, 5.41) is 9.83. The van der Waals surface area contributed by atoms with E-state index in [4.69, 9.17) is 17.0 Å². The number of tetrazole rings is 1. The third-order valence-electron chi connectivity index (χ3n) is 1.30. The van der Waals surface area contributed by atoms with E-state index in [-0.39, 0.29) is 6.10 Å². The van der Waals surface area contributed by atoms with Crippen molar-refractivity contribution < 1.29 is 4.74 Å². The van der Waals surface area contributed by atoms with E-state index in [1.165, 1.54) is 0 Å². The third kappa shape index (κ3) is 2.71. The lowest BCUT2D eigenvalue weighted by molar-refractivity contribution is 0.0704. The Hall–Kier alpha value is -0.750. The van der Waals surface area contributed by atoms with Crippen molar-refractivity contribution >= 4 is 12.2 Å². The highest BCUT2D eigenvalue weighted by atomic mass is 32.1. The number of aromatic nitrogens is 4. The van der Waals surface area contributed by atoms with Crippen molar-refractivity contribution in [2.75, 3.05) is 6.61 Å². The topological polar surface area (TPSA) is 55.7 Å². The second-order valence-corrected chi connectivity index (χ2v) is 3.02. The average molecular weight is 188 g/mol. The standard InChI is InChI=1S/C6H12N4OS/c1-5(2)11-4-3-10-6(12)7-8-9-10/h5H,3-4H2,1-2H3,(H,7,9,12). The average Bonchev–Trinajstić information content (AvgIpc) is 2.36. The molecule has 68 valence electrons. The maximum absolute atomic E-state index is 5.33. The van der Waals surface area contributed by atoms with Crippen LogP contribution in [0.2, 0.25) is 0 Å². The van der Waals surface area contributed by atoms with Gasteiger partial charge in [0.25, 0.3) is 0 Å². The number of nitrogens with one attached hydrogen (secondary N) is 1. The molecule has 0 bridgehead atoms. The summed E-state index contributed by atoms with van der Waals surface area (Å²) in [6.07, 6.45) is 0.245. The highest BCUT2D eigenvalue weighted by molar-refractivity contribution is 7.71. The van der Waals surface area contributed by atoms with Crippen LogP contribution in [0.25, 0.3) is 0 Å². The molecule has 0 saturated heterocycles. The normalized spacial score (nSPS) is 10.9. The van der Waals surface area contributed by atoms with Crippen LogP contribution in [0.15, 0.2) is 0 Å². The van der Waals surface area contributed by atoms with Gasteiger partial charge < -0.3 is 4.74 Å². The summed E-state index contributed by atoms with van der Waals surface area (Å²) < 4.78 is 7.45. The van der Waals surface area contributed by atoms with Gasteiger partial charge >= 0.3 is 0 Å². The van der Waals surface area contributed by atoms with Gasteiger partial charge in [-0.3, -0.25) is 0 Å². The summed E-state index contributed by atoms with van der Waals surface area (Å²) in [5.41, 5.74) is 0. The zero-order valence-electron chi connectivity index (χ0n) is 7.15. The highest BCUT2D eigenvalue weighted by Gasteiger charge is 1.96. The monoisotopic (exact) mass is 188 g/mol. The van der Waals surface area contributed by atoms with Crippen LogP contribution in [0.3, 0.4) is 0 Å². The SMILES string of the molecule is CC(C)OCCn1[nH]nnc1=S. The molecule has 1 N–H and O–H groups in total. The van der Waals surface area contributed by atoms with Crippen LogP contribution < -0.4 is 0 Å². The number of hydrogen-bond donors (Lipinski definition) is 1. The van der Waals surface area contributed by atoms with Crippen molar-refractivity contribution in [3.8, 4) is 0 Å². The Labute approximate surface area is 75.7 Å². The Balaban J connectivity index is 2.34. The number of nitrogens with zero attached hydrogens (tertiary/aromatic N) is 3. The molecule has 0 aliphatic heterocycles. The molecule has 1 heterocycles. The zero-order valence-corrected chi connectivity index (χ0v) is 7.97. The van der Waals surface area contributed by atoms with E-state index in [0.29, 0.717) is 17.9 Å². The van der Waals surface area contributed by atoms with Crippen LogP contribution >= 0.6 is 12.2 Å². The van der Waals surface area contributed by atoms with E-state index in [9.17, 15) is 0 Å². The Morgan fingerprint density at radius 2 is 2.42 bits per heavy atom. The van der Waals surface area contributed by atoms with Crippen LogP contribution in [0, 0.1) is 4.77 Å². The predicted octanol–water partition coefficient (Wildman–Crippen LogP) is 0.761. The summed E-state index contributed by atoms with van der Waals surface area (Å²) in [4.78, 5) is 0. The van der Waals surface area contributed by atoms with E-state index in [0.717, 1.165) is 0 Å². The molecule has 0 spiro atoms. The lowest BCUT2D eigenvalue weighted by Gasteiger charge is -2.06. The second kappa shape index (κ2) is 4.32. The number of aromatic amines is 1. The van der Waals surface area contributed by atoms with E-state index < -0.39 is 0 Å². The van der Waals surface area contributed by atoms with E-state index in [1.807, 2.05) is 13.8 Å². The van der Waals surface area contributed by atoms with Gasteiger partial charge in [-0.25, -0.2) is 4.68 Å². The minimum atomic E-state index is 0.245. The van der Waals surface area contributed by atoms with Crippen molar-refractivity contribution in [1.29, 1.82) is 0 Å². The lowest BCUT2D eigenvalue weighted by Crippen LogP contribution is -2.11. The Morgan fingerprint density at radius 3 is 2.92 bits per heavy atom. The van der Waals surface area contributed by atoms with Gasteiger partial charge in [0.1, 0.15) is 0 Å². The van der Waals surface area contributed by atoms with Gasteiger partial charge in [0.15, 0.2) is 0 Å². The predicted molar refractivity (Wildman–Crippen MR) is 46.3 cm³/mol. The summed E-state index contributed by atoms with van der Waals surface area (Å²) in [6, 6.07) is 0. The molecule has 0 amide bonds. The third-order valence-corrected chi connectivity index (χ3v) is 1.60. The van der Waals surface area contributed by atoms with Gasteiger partial charge in [-0.1, -0.05) is 10.3 Å². The summed E-state index contributed by atoms with van der Waals surface area (Å²) in [7, 11) is 0. The van der Waals surface area contributed by atoms with Crippen LogP contribution in [0.1, 0.15) is 13.8 Å². The Bertz CT molecular complexity index is 279. The van der Waals surface area contributed by atoms with Gasteiger partial charge in [0.2, 0.25) is 4.77 Å². The van der Waals surface area contributed by atoms with Crippen LogP contribution in [-0.2, 0) is 11.3 Å². The minimum Gasteiger partial charge on any atom is -0.377 e. The molecule has 1 aromatic rings. The van der Waals surface area contributed by atoms with Gasteiger partial charge in [-0.05, 0) is 26.1 Å². The number of hydrogen-bond acceptors (Lipinski definition) is 4. The molecule has 6 heteroatoms. The molecule has 0 aromatic carbocycles. The first-order valence-electron chi connectivity index (χ1n) is 3.79. The number of rotatable bonds is 4. The Morgan fingerprint density at radius 1 is 1.67 bits per heavy atom. The zero-order chi connectivity index (χ0) is 8.97. The van der Waals surface area contributed by atoms with E-state index in [2.05, 4.69) is 15.5 Å². The Kier molecular flexibility index (Phi) is 3.36. The summed E-state index contributed by atoms with van der Waals surface area (Å²) in [5.74, 6) is 0. The second-order valence-electron chi connectivity index (χ2n) is 2.65. The van der Waals surface area contributed by atoms with Crippen molar-refractivity contribution in [3.05, 3.63) is 4.77 Å². The summed E-state index contributed by atoms with van der Waals surface area (Å²) in [6.45, 7) is 5.27. The smallest absolute Gasteiger partial charge is 0.238 e. The molecule has 0 fully saturated rings. The maximum atomic E-state index is 5.33. The molecule has 0 aliphatic rings. The largest absolute Gasteiger partial charge is 0.377 e. The van der Waals surface area contributed by atoms with E-state index >= 15 is 0 Å². The molecule has 0 aliphatic carbocycles. The molecular formula is C6H12N4OS. The fraction of sp³-hybridized carbons (Fsp3) is 0.833. The molecule has 0 atom stereocenters. The molecule has 0 unspecified atom stereocenters. The molecule has 0 radical (unpaired) electrons. The first-order valence-corrected chi connectivity index (χ1v) is 4.20. The summed E-state index contributed by atoms with van der Waals surface area (Å²) >= 11 is 4.87. The van der Waals surface area contributed by atoms with Crippen molar-refractivity contribution in [2.24, 2.45) is 0 Å². The van der Waals surface area contributed by atoms with Crippen LogP contribution in [-0.4, -0.2) is 32.9 Å². The van der Waals surface area contributed by atoms with Crippen LogP contribution in [0.5, 0.6) is 0 Å².